The minimum atomic E-state index is -0.684. The van der Waals surface area contributed by atoms with Gasteiger partial charge in [0.25, 0.3) is 0 Å². The summed E-state index contributed by atoms with van der Waals surface area (Å²) in [5, 5.41) is 0. The van der Waals surface area contributed by atoms with Gasteiger partial charge >= 0.3 is 0 Å². The van der Waals surface area contributed by atoms with Crippen LogP contribution in [0.25, 0.3) is 16.7 Å². The van der Waals surface area contributed by atoms with Gasteiger partial charge in [-0.3, -0.25) is 4.57 Å². The van der Waals surface area contributed by atoms with Crippen LogP contribution in [0.3, 0.4) is 0 Å². The summed E-state index contributed by atoms with van der Waals surface area (Å²) in [6.07, 6.45) is 0. The van der Waals surface area contributed by atoms with E-state index in [0.717, 1.165) is 10.5 Å². The van der Waals surface area contributed by atoms with Gasteiger partial charge in [0.05, 0.1) is 18.3 Å². The quantitative estimate of drug-likeness (QED) is 0.660. The Balaban J connectivity index is 2.37. The highest BCUT2D eigenvalue weighted by molar-refractivity contribution is 9.10. The molecule has 0 amide bonds. The second kappa shape index (κ2) is 5.23. The summed E-state index contributed by atoms with van der Waals surface area (Å²) < 4.78 is 35.1. The number of nitrogens with zero attached hydrogens (tertiary/aromatic N) is 1. The topological polar surface area (TPSA) is 29.9 Å². The van der Waals surface area contributed by atoms with Crippen molar-refractivity contribution < 1.29 is 13.5 Å². The van der Waals surface area contributed by atoms with Crippen molar-refractivity contribution >= 4 is 39.2 Å². The number of hydrogen-bond donors (Lipinski definition) is 1. The summed E-state index contributed by atoms with van der Waals surface area (Å²) in [4.78, 5) is 2.76. The van der Waals surface area contributed by atoms with Gasteiger partial charge in [-0.25, -0.2) is 8.78 Å². The Bertz CT molecular complexity index is 904. The summed E-state index contributed by atoms with van der Waals surface area (Å²) in [5.41, 5.74) is 1.14. The van der Waals surface area contributed by atoms with Crippen molar-refractivity contribution in [1.29, 1.82) is 0 Å². The fourth-order valence-electron chi connectivity index (χ4n) is 2.18. The van der Waals surface area contributed by atoms with Crippen LogP contribution in [-0.2, 0) is 0 Å². The minimum Gasteiger partial charge on any atom is -0.497 e. The molecule has 7 heteroatoms. The van der Waals surface area contributed by atoms with E-state index in [0.29, 0.717) is 17.0 Å². The van der Waals surface area contributed by atoms with Crippen LogP contribution in [-0.4, -0.2) is 16.7 Å². The van der Waals surface area contributed by atoms with Crippen molar-refractivity contribution in [2.75, 3.05) is 7.11 Å². The van der Waals surface area contributed by atoms with E-state index < -0.39 is 11.6 Å². The zero-order valence-corrected chi connectivity index (χ0v) is 13.2. The molecule has 0 aliphatic heterocycles. The van der Waals surface area contributed by atoms with Gasteiger partial charge in [-0.2, -0.15) is 0 Å². The van der Waals surface area contributed by atoms with Crippen LogP contribution in [0.2, 0.25) is 0 Å². The lowest BCUT2D eigenvalue weighted by molar-refractivity contribution is 0.414. The van der Waals surface area contributed by atoms with E-state index in [1.807, 2.05) is 0 Å². The second-order valence-corrected chi connectivity index (χ2v) is 5.70. The van der Waals surface area contributed by atoms with E-state index in [-0.39, 0.29) is 10.3 Å². The van der Waals surface area contributed by atoms with Crippen molar-refractivity contribution in [3.8, 4) is 11.4 Å². The normalized spacial score (nSPS) is 11.0. The van der Waals surface area contributed by atoms with E-state index in [2.05, 4.69) is 20.9 Å². The fraction of sp³-hybridized carbons (Fsp3) is 0.0714. The second-order valence-electron chi connectivity index (χ2n) is 4.40. The fourth-order valence-corrected chi connectivity index (χ4v) is 2.95. The molecular weight excluding hydrogens is 362 g/mol. The first-order valence-corrected chi connectivity index (χ1v) is 7.14. The van der Waals surface area contributed by atoms with Crippen molar-refractivity contribution in [1.82, 2.24) is 9.55 Å². The third-order valence-corrected chi connectivity index (χ3v) is 3.80. The summed E-state index contributed by atoms with van der Waals surface area (Å²) in [5.74, 6) is -0.742. The van der Waals surface area contributed by atoms with Crippen LogP contribution in [0.5, 0.6) is 5.75 Å². The molecule has 0 aliphatic carbocycles. The smallest absolute Gasteiger partial charge is 0.182 e. The molecule has 0 fully saturated rings. The number of H-pyrrole nitrogens is 1. The number of ether oxygens (including phenoxy) is 1. The van der Waals surface area contributed by atoms with Crippen LogP contribution in [0.4, 0.5) is 8.78 Å². The molecule has 1 N–H and O–H groups in total. The summed E-state index contributed by atoms with van der Waals surface area (Å²) in [7, 11) is 1.54. The number of hydrogen-bond acceptors (Lipinski definition) is 2. The lowest BCUT2D eigenvalue weighted by Crippen LogP contribution is -1.96. The third-order valence-electron chi connectivity index (χ3n) is 3.06. The summed E-state index contributed by atoms with van der Waals surface area (Å²) in [6, 6.07) is 7.35. The maximum absolute atomic E-state index is 13.8. The molecule has 0 saturated carbocycles. The first-order valence-electron chi connectivity index (χ1n) is 5.94. The van der Waals surface area contributed by atoms with Gasteiger partial charge in [-0.05, 0) is 24.4 Å². The molecule has 1 heterocycles. The van der Waals surface area contributed by atoms with E-state index in [1.54, 1.807) is 29.9 Å². The minimum absolute atomic E-state index is 0.167. The number of methoxy groups -OCH3 is 1. The predicted molar refractivity (Wildman–Crippen MR) is 82.6 cm³/mol. The highest BCUT2D eigenvalue weighted by Crippen LogP contribution is 2.28. The van der Waals surface area contributed by atoms with Gasteiger partial charge in [0, 0.05) is 22.7 Å². The third kappa shape index (κ3) is 2.47. The van der Waals surface area contributed by atoms with Gasteiger partial charge in [0.15, 0.2) is 10.6 Å². The highest BCUT2D eigenvalue weighted by atomic mass is 79.9. The molecule has 0 atom stereocenters. The predicted octanol–water partition coefficient (Wildman–Crippen LogP) is 4.74. The molecule has 21 heavy (non-hydrogen) atoms. The van der Waals surface area contributed by atoms with E-state index in [1.165, 1.54) is 6.07 Å². The summed E-state index contributed by atoms with van der Waals surface area (Å²) >= 11 is 8.59. The number of halogens is 3. The van der Waals surface area contributed by atoms with Gasteiger partial charge in [0.2, 0.25) is 0 Å². The molecule has 0 saturated heterocycles. The molecule has 0 radical (unpaired) electrons. The average molecular weight is 371 g/mol. The van der Waals surface area contributed by atoms with Crippen LogP contribution in [0, 0.1) is 16.4 Å². The Kier molecular flexibility index (Phi) is 3.54. The standard InChI is InChI=1S/C14H9BrF2N2OS/c1-20-10-3-7(15)2-9(6-10)19-12-5-8(16)4-11(17)13(12)18-14(19)21/h2-6H,1H3,(H,18,21). The van der Waals surface area contributed by atoms with Crippen molar-refractivity contribution in [2.24, 2.45) is 0 Å². The van der Waals surface area contributed by atoms with Gasteiger partial charge in [-0.15, -0.1) is 0 Å². The molecule has 3 nitrogen and oxygen atoms in total. The monoisotopic (exact) mass is 370 g/mol. The van der Waals surface area contributed by atoms with Crippen LogP contribution < -0.4 is 4.74 Å². The van der Waals surface area contributed by atoms with Gasteiger partial charge in [0.1, 0.15) is 17.1 Å². The maximum atomic E-state index is 13.8. The largest absolute Gasteiger partial charge is 0.497 e. The maximum Gasteiger partial charge on any atom is 0.182 e. The van der Waals surface area contributed by atoms with E-state index in [4.69, 9.17) is 17.0 Å². The Labute approximate surface area is 132 Å². The lowest BCUT2D eigenvalue weighted by Gasteiger charge is -2.08. The number of nitrogens with one attached hydrogen (secondary N) is 1. The number of rotatable bonds is 2. The Hall–Kier alpha value is -1.73. The van der Waals surface area contributed by atoms with Crippen molar-refractivity contribution in [3.05, 3.63) is 51.2 Å². The molecule has 3 aromatic rings. The number of fused-ring (bicyclic) bond motifs is 1. The number of benzene rings is 2. The average Bonchev–Trinajstić information content (AvgIpc) is 2.74. The van der Waals surface area contributed by atoms with Crippen LogP contribution in [0.15, 0.2) is 34.8 Å². The zero-order chi connectivity index (χ0) is 15.1. The van der Waals surface area contributed by atoms with Gasteiger partial charge < -0.3 is 9.72 Å². The molecule has 0 spiro atoms. The molecule has 2 aromatic carbocycles. The Morgan fingerprint density at radius 2 is 1.95 bits per heavy atom. The lowest BCUT2D eigenvalue weighted by atomic mass is 10.2. The molecule has 3 rings (SSSR count). The first-order chi connectivity index (χ1) is 9.99. The van der Waals surface area contributed by atoms with E-state index >= 15 is 0 Å². The Morgan fingerprint density at radius 3 is 2.67 bits per heavy atom. The summed E-state index contributed by atoms with van der Waals surface area (Å²) in [6.45, 7) is 0. The number of aromatic nitrogens is 2. The molecular formula is C14H9BrF2N2OS. The van der Waals surface area contributed by atoms with Crippen LogP contribution in [0.1, 0.15) is 0 Å². The van der Waals surface area contributed by atoms with Crippen molar-refractivity contribution in [2.45, 2.75) is 0 Å². The zero-order valence-electron chi connectivity index (χ0n) is 10.8. The van der Waals surface area contributed by atoms with Gasteiger partial charge in [-0.1, -0.05) is 15.9 Å². The molecule has 0 unspecified atom stereocenters. The van der Waals surface area contributed by atoms with Crippen LogP contribution >= 0.6 is 28.1 Å². The first kappa shape index (κ1) is 14.2. The Morgan fingerprint density at radius 1 is 1.19 bits per heavy atom. The molecule has 0 bridgehead atoms. The molecule has 1 aromatic heterocycles. The number of imidazole rings is 1. The highest BCUT2D eigenvalue weighted by Gasteiger charge is 2.13. The molecule has 108 valence electrons. The van der Waals surface area contributed by atoms with E-state index in [9.17, 15) is 8.78 Å². The SMILES string of the molecule is COc1cc(Br)cc(-n2c(=S)[nH]c3c(F)cc(F)cc32)c1. The van der Waals surface area contributed by atoms with Crippen molar-refractivity contribution in [3.63, 3.8) is 0 Å². The molecule has 0 aliphatic rings. The number of aromatic amines is 1.